The summed E-state index contributed by atoms with van der Waals surface area (Å²) in [7, 11) is 0. The van der Waals surface area contributed by atoms with E-state index in [4.69, 9.17) is 16.3 Å². The zero-order valence-electron chi connectivity index (χ0n) is 9.94. The summed E-state index contributed by atoms with van der Waals surface area (Å²) in [6.07, 6.45) is -4.25. The van der Waals surface area contributed by atoms with E-state index in [-0.39, 0.29) is 12.5 Å². The number of halogens is 5. The molecule has 18 heavy (non-hydrogen) atoms. The molecule has 0 unspecified atom stereocenters. The van der Waals surface area contributed by atoms with Gasteiger partial charge in [0.2, 0.25) is 0 Å². The fraction of sp³-hybridized carbons (Fsp3) is 0.500. The highest BCUT2D eigenvalue weighted by Crippen LogP contribution is 2.40. The van der Waals surface area contributed by atoms with Crippen LogP contribution in [0.3, 0.4) is 0 Å². The Kier molecular flexibility index (Phi) is 4.85. The van der Waals surface area contributed by atoms with Gasteiger partial charge >= 0.3 is 6.18 Å². The lowest BCUT2D eigenvalue weighted by molar-refractivity contribution is -0.141. The second-order valence-electron chi connectivity index (χ2n) is 4.26. The molecule has 0 amide bonds. The molecule has 1 aromatic rings. The molecule has 6 heteroatoms. The molecule has 0 atom stereocenters. The van der Waals surface area contributed by atoms with E-state index < -0.39 is 28.3 Å². The topological polar surface area (TPSA) is 9.23 Å². The van der Waals surface area contributed by atoms with Crippen molar-refractivity contribution < 1.29 is 22.3 Å². The molecule has 0 aliphatic heterocycles. The lowest BCUT2D eigenvalue weighted by Crippen LogP contribution is -2.13. The molecule has 0 radical (unpaired) electrons. The Hall–Kier alpha value is -0.970. The predicted molar refractivity (Wildman–Crippen MR) is 61.4 cm³/mol. The summed E-state index contributed by atoms with van der Waals surface area (Å²) in [6, 6.07) is 2.09. The average Bonchev–Trinajstić information content (AvgIpc) is 2.21. The number of hydrogen-bond donors (Lipinski definition) is 0. The van der Waals surface area contributed by atoms with Crippen LogP contribution in [-0.2, 0) is 6.18 Å². The first-order valence-electron chi connectivity index (χ1n) is 5.41. The zero-order valence-corrected chi connectivity index (χ0v) is 10.7. The highest BCUT2D eigenvalue weighted by atomic mass is 35.5. The summed E-state index contributed by atoms with van der Waals surface area (Å²) in [6.45, 7) is 3.93. The van der Waals surface area contributed by atoms with E-state index >= 15 is 0 Å². The van der Waals surface area contributed by atoms with Crippen LogP contribution in [0.2, 0.25) is 5.02 Å². The third kappa shape index (κ3) is 3.77. The van der Waals surface area contributed by atoms with Gasteiger partial charge in [0, 0.05) is 0 Å². The van der Waals surface area contributed by atoms with Crippen LogP contribution in [0.25, 0.3) is 0 Å². The van der Waals surface area contributed by atoms with E-state index in [1.165, 1.54) is 0 Å². The van der Waals surface area contributed by atoms with Crippen LogP contribution in [0.4, 0.5) is 17.6 Å². The van der Waals surface area contributed by atoms with Gasteiger partial charge < -0.3 is 4.74 Å². The molecule has 1 aromatic carbocycles. The van der Waals surface area contributed by atoms with Crippen molar-refractivity contribution in [2.45, 2.75) is 26.4 Å². The van der Waals surface area contributed by atoms with Gasteiger partial charge in [-0.15, -0.1) is 0 Å². The van der Waals surface area contributed by atoms with Gasteiger partial charge in [-0.2, -0.15) is 13.2 Å². The fourth-order valence-electron chi connectivity index (χ4n) is 1.32. The molecule has 0 fully saturated rings. The van der Waals surface area contributed by atoms with Gasteiger partial charge in [0.15, 0.2) is 5.82 Å². The smallest absolute Gasteiger partial charge is 0.422 e. The molecule has 102 valence electrons. The van der Waals surface area contributed by atoms with Crippen LogP contribution in [0.5, 0.6) is 5.75 Å². The van der Waals surface area contributed by atoms with Crippen molar-refractivity contribution >= 4 is 11.6 Å². The third-order valence-corrected chi connectivity index (χ3v) is 2.58. The summed E-state index contributed by atoms with van der Waals surface area (Å²) in [5.41, 5.74) is -1.45. The summed E-state index contributed by atoms with van der Waals surface area (Å²) >= 11 is 5.35. The van der Waals surface area contributed by atoms with Crippen LogP contribution >= 0.6 is 11.6 Å². The normalized spacial score (nSPS) is 12.0. The molecule has 0 aliphatic carbocycles. The van der Waals surface area contributed by atoms with Gasteiger partial charge in [-0.05, 0) is 24.5 Å². The zero-order chi connectivity index (χ0) is 13.9. The lowest BCUT2D eigenvalue weighted by Gasteiger charge is -2.15. The van der Waals surface area contributed by atoms with Gasteiger partial charge in [-0.1, -0.05) is 25.4 Å². The van der Waals surface area contributed by atoms with Crippen LogP contribution in [-0.4, -0.2) is 6.61 Å². The first-order chi connectivity index (χ1) is 8.23. The Morgan fingerprint density at radius 2 is 1.89 bits per heavy atom. The molecule has 0 N–H and O–H groups in total. The molecule has 0 aromatic heterocycles. The minimum Gasteiger partial charge on any atom is -0.493 e. The highest BCUT2D eigenvalue weighted by Gasteiger charge is 2.39. The van der Waals surface area contributed by atoms with Crippen molar-refractivity contribution in [3.8, 4) is 5.75 Å². The summed E-state index contributed by atoms with van der Waals surface area (Å²) in [5, 5.41) is -0.571. The predicted octanol–water partition coefficient (Wildman–Crippen LogP) is 4.92. The van der Waals surface area contributed by atoms with Crippen LogP contribution in [0.15, 0.2) is 12.1 Å². The van der Waals surface area contributed by atoms with E-state index in [0.717, 1.165) is 12.1 Å². The van der Waals surface area contributed by atoms with E-state index in [0.29, 0.717) is 6.42 Å². The van der Waals surface area contributed by atoms with Gasteiger partial charge in [-0.25, -0.2) is 4.39 Å². The summed E-state index contributed by atoms with van der Waals surface area (Å²) in [5.74, 6) is -1.73. The van der Waals surface area contributed by atoms with Gasteiger partial charge in [0.05, 0.1) is 11.6 Å². The second kappa shape index (κ2) is 5.78. The molecule has 0 saturated heterocycles. The van der Waals surface area contributed by atoms with E-state index in [9.17, 15) is 17.6 Å². The van der Waals surface area contributed by atoms with Gasteiger partial charge in [0.25, 0.3) is 0 Å². The molecule has 0 spiro atoms. The molecule has 1 rings (SSSR count). The van der Waals surface area contributed by atoms with Crippen molar-refractivity contribution in [3.05, 3.63) is 28.5 Å². The molecule has 0 aliphatic rings. The number of alkyl halides is 3. The Morgan fingerprint density at radius 3 is 2.39 bits per heavy atom. The number of hydrogen-bond acceptors (Lipinski definition) is 1. The molecule has 0 saturated carbocycles. The minimum atomic E-state index is -4.83. The van der Waals surface area contributed by atoms with E-state index in [1.54, 1.807) is 0 Å². The molecule has 0 heterocycles. The molecular formula is C12H13ClF4O. The van der Waals surface area contributed by atoms with Crippen molar-refractivity contribution in [3.63, 3.8) is 0 Å². The third-order valence-electron chi connectivity index (χ3n) is 2.29. The maximum atomic E-state index is 13.4. The van der Waals surface area contributed by atoms with Crippen molar-refractivity contribution in [1.29, 1.82) is 0 Å². The Morgan fingerprint density at radius 1 is 1.28 bits per heavy atom. The maximum Gasteiger partial charge on any atom is 0.422 e. The summed E-state index contributed by atoms with van der Waals surface area (Å²) in [4.78, 5) is 0. The largest absolute Gasteiger partial charge is 0.493 e. The lowest BCUT2D eigenvalue weighted by atomic mass is 10.1. The first-order valence-corrected chi connectivity index (χ1v) is 5.79. The Labute approximate surface area is 108 Å². The van der Waals surface area contributed by atoms with Gasteiger partial charge in [-0.3, -0.25) is 0 Å². The van der Waals surface area contributed by atoms with Crippen LogP contribution in [0, 0.1) is 11.7 Å². The number of ether oxygens (including phenoxy) is 1. The Balaban J connectivity index is 3.01. The summed E-state index contributed by atoms with van der Waals surface area (Å²) < 4.78 is 56.5. The monoisotopic (exact) mass is 284 g/mol. The van der Waals surface area contributed by atoms with E-state index in [2.05, 4.69) is 0 Å². The highest BCUT2D eigenvalue weighted by molar-refractivity contribution is 6.30. The van der Waals surface area contributed by atoms with Crippen molar-refractivity contribution in [2.24, 2.45) is 5.92 Å². The van der Waals surface area contributed by atoms with Crippen molar-refractivity contribution in [1.82, 2.24) is 0 Å². The molecule has 0 bridgehead atoms. The second-order valence-corrected chi connectivity index (χ2v) is 4.67. The van der Waals surface area contributed by atoms with Gasteiger partial charge in [0.1, 0.15) is 11.3 Å². The fourth-order valence-corrected chi connectivity index (χ4v) is 1.48. The van der Waals surface area contributed by atoms with Crippen LogP contribution in [0.1, 0.15) is 25.8 Å². The standard InChI is InChI=1S/C12H13ClF4O/c1-7(2)5-6-18-9-4-3-8(13)11(14)10(9)12(15,16)17/h3-4,7H,5-6H2,1-2H3. The minimum absolute atomic E-state index is 0.0990. The number of benzene rings is 1. The molecule has 1 nitrogen and oxygen atoms in total. The number of rotatable bonds is 4. The van der Waals surface area contributed by atoms with Crippen molar-refractivity contribution in [2.75, 3.05) is 6.61 Å². The SMILES string of the molecule is CC(C)CCOc1ccc(Cl)c(F)c1C(F)(F)F. The quantitative estimate of drug-likeness (QED) is 0.713. The first kappa shape index (κ1) is 15.1. The van der Waals surface area contributed by atoms with Crippen LogP contribution < -0.4 is 4.74 Å². The average molecular weight is 285 g/mol. The van der Waals surface area contributed by atoms with E-state index in [1.807, 2.05) is 13.8 Å². The Bertz CT molecular complexity index is 415. The molecular weight excluding hydrogens is 272 g/mol. The maximum absolute atomic E-state index is 13.4.